The molecule has 0 bridgehead atoms. The van der Waals surface area contributed by atoms with Crippen molar-refractivity contribution < 1.29 is 0 Å². The number of nitrogens with zero attached hydrogens (tertiary/aromatic N) is 1. The Labute approximate surface area is 144 Å². The van der Waals surface area contributed by atoms with Crippen molar-refractivity contribution in [3.63, 3.8) is 0 Å². The zero-order valence-electron chi connectivity index (χ0n) is 13.6. The first-order chi connectivity index (χ1) is 11.8. The molecule has 1 aliphatic rings. The average Bonchev–Trinajstić information content (AvgIpc) is 3.12. The van der Waals surface area contributed by atoms with Crippen molar-refractivity contribution in [2.24, 2.45) is 0 Å². The highest BCUT2D eigenvalue weighted by Gasteiger charge is 2.26. The highest BCUT2D eigenvalue weighted by Crippen LogP contribution is 2.41. The number of H-pyrrole nitrogens is 1. The molecule has 3 aromatic heterocycles. The van der Waals surface area contributed by atoms with Gasteiger partial charge in [-0.3, -0.25) is 4.98 Å². The molecule has 0 spiro atoms. The van der Waals surface area contributed by atoms with Gasteiger partial charge in [0.1, 0.15) is 0 Å². The van der Waals surface area contributed by atoms with E-state index in [4.69, 9.17) is 0 Å². The Morgan fingerprint density at radius 3 is 3.12 bits per heavy atom. The normalized spacial score (nSPS) is 18.0. The molecule has 1 aliphatic heterocycles. The number of rotatable bonds is 1. The van der Waals surface area contributed by atoms with Crippen LogP contribution in [0.5, 0.6) is 0 Å². The molecule has 1 unspecified atom stereocenters. The summed E-state index contributed by atoms with van der Waals surface area (Å²) in [5, 5.41) is 6.17. The molecule has 4 heteroatoms. The van der Waals surface area contributed by atoms with Crippen LogP contribution in [-0.2, 0) is 6.42 Å². The monoisotopic (exact) mass is 333 g/mol. The number of nitrogens with one attached hydrogen (secondary N) is 2. The molecule has 24 heavy (non-hydrogen) atoms. The van der Waals surface area contributed by atoms with Crippen LogP contribution in [0, 0.1) is 6.92 Å². The third-order valence-corrected chi connectivity index (χ3v) is 6.47. The van der Waals surface area contributed by atoms with Crippen molar-refractivity contribution in [3.8, 4) is 0 Å². The van der Waals surface area contributed by atoms with E-state index >= 15 is 0 Å². The van der Waals surface area contributed by atoms with Crippen LogP contribution in [0.3, 0.4) is 0 Å². The number of benzene rings is 1. The standard InChI is InChI=1S/C20H19N3S/c1-12-14-4-7-21-10-13(14)2-3-15(12)16-11-22-8-5-17-19(16)20-18(24-17)6-9-23-20/h2-4,6-7,9-10,16,22-23H,5,8,11H2,1H3. The van der Waals surface area contributed by atoms with E-state index in [2.05, 4.69) is 52.7 Å². The number of hydrogen-bond donors (Lipinski definition) is 2. The third kappa shape index (κ3) is 2.03. The van der Waals surface area contributed by atoms with Crippen LogP contribution in [0.25, 0.3) is 21.0 Å². The van der Waals surface area contributed by atoms with Gasteiger partial charge >= 0.3 is 0 Å². The predicted octanol–water partition coefficient (Wildman–Crippen LogP) is 4.36. The Morgan fingerprint density at radius 2 is 2.17 bits per heavy atom. The Morgan fingerprint density at radius 1 is 1.21 bits per heavy atom. The van der Waals surface area contributed by atoms with Gasteiger partial charge in [-0.05, 0) is 47.6 Å². The summed E-state index contributed by atoms with van der Waals surface area (Å²) in [6, 6.07) is 8.86. The fourth-order valence-corrected chi connectivity index (χ4v) is 5.30. The van der Waals surface area contributed by atoms with Gasteiger partial charge in [0, 0.05) is 47.9 Å². The van der Waals surface area contributed by atoms with Gasteiger partial charge in [0.2, 0.25) is 0 Å². The second-order valence-corrected chi connectivity index (χ2v) is 7.68. The topological polar surface area (TPSA) is 40.7 Å². The second kappa shape index (κ2) is 5.43. The number of thiophene rings is 1. The summed E-state index contributed by atoms with van der Waals surface area (Å²) >= 11 is 1.95. The zero-order valence-corrected chi connectivity index (χ0v) is 14.4. The summed E-state index contributed by atoms with van der Waals surface area (Å²) < 4.78 is 1.38. The first-order valence-electron chi connectivity index (χ1n) is 8.45. The van der Waals surface area contributed by atoms with Crippen molar-refractivity contribution in [2.45, 2.75) is 19.3 Å². The van der Waals surface area contributed by atoms with E-state index in [0.717, 1.165) is 19.5 Å². The Bertz CT molecular complexity index is 1040. The molecule has 0 saturated carbocycles. The van der Waals surface area contributed by atoms with Crippen LogP contribution in [0.4, 0.5) is 0 Å². The summed E-state index contributed by atoms with van der Waals surface area (Å²) in [5.41, 5.74) is 5.64. The molecular formula is C20H19N3S. The number of fused-ring (bicyclic) bond motifs is 4. The van der Waals surface area contributed by atoms with Crippen LogP contribution in [0.1, 0.15) is 27.5 Å². The van der Waals surface area contributed by atoms with Crippen molar-refractivity contribution in [2.75, 3.05) is 13.1 Å². The van der Waals surface area contributed by atoms with E-state index in [0.29, 0.717) is 5.92 Å². The highest BCUT2D eigenvalue weighted by atomic mass is 32.1. The molecule has 0 saturated heterocycles. The van der Waals surface area contributed by atoms with Gasteiger partial charge in [0.15, 0.2) is 0 Å². The zero-order chi connectivity index (χ0) is 16.1. The van der Waals surface area contributed by atoms with Gasteiger partial charge in [-0.2, -0.15) is 0 Å². The van der Waals surface area contributed by atoms with E-state index in [1.165, 1.54) is 42.6 Å². The lowest BCUT2D eigenvalue weighted by Gasteiger charge is -2.20. The van der Waals surface area contributed by atoms with Crippen molar-refractivity contribution in [1.29, 1.82) is 0 Å². The lowest BCUT2D eigenvalue weighted by Crippen LogP contribution is -2.21. The average molecular weight is 333 g/mol. The van der Waals surface area contributed by atoms with Crippen LogP contribution in [-0.4, -0.2) is 23.1 Å². The van der Waals surface area contributed by atoms with E-state index < -0.39 is 0 Å². The molecular weight excluding hydrogens is 314 g/mol. The maximum absolute atomic E-state index is 4.26. The van der Waals surface area contributed by atoms with E-state index in [1.54, 1.807) is 0 Å². The Hall–Kier alpha value is -2.17. The molecule has 0 aliphatic carbocycles. The lowest BCUT2D eigenvalue weighted by molar-refractivity contribution is 0.665. The smallest absolute Gasteiger partial charge is 0.0605 e. The number of pyridine rings is 1. The van der Waals surface area contributed by atoms with Crippen molar-refractivity contribution in [3.05, 3.63) is 64.4 Å². The molecule has 2 N–H and O–H groups in total. The fourth-order valence-electron chi connectivity index (χ4n) is 4.07. The van der Waals surface area contributed by atoms with Gasteiger partial charge in [0.05, 0.1) is 10.2 Å². The summed E-state index contributed by atoms with van der Waals surface area (Å²) in [7, 11) is 0. The van der Waals surface area contributed by atoms with Crippen LogP contribution < -0.4 is 5.32 Å². The van der Waals surface area contributed by atoms with Crippen LogP contribution >= 0.6 is 11.3 Å². The third-order valence-electron chi connectivity index (χ3n) is 5.24. The first kappa shape index (κ1) is 14.2. The molecule has 4 heterocycles. The van der Waals surface area contributed by atoms with Gasteiger partial charge in [-0.15, -0.1) is 11.3 Å². The molecule has 1 aromatic carbocycles. The summed E-state index contributed by atoms with van der Waals surface area (Å²) in [6.45, 7) is 4.30. The van der Waals surface area contributed by atoms with Gasteiger partial charge in [-0.1, -0.05) is 12.1 Å². The largest absolute Gasteiger partial charge is 0.360 e. The molecule has 5 rings (SSSR count). The van der Waals surface area contributed by atoms with Crippen LogP contribution in [0.2, 0.25) is 0 Å². The number of hydrogen-bond acceptors (Lipinski definition) is 3. The Balaban J connectivity index is 1.76. The minimum atomic E-state index is 0.396. The first-order valence-corrected chi connectivity index (χ1v) is 9.27. The van der Waals surface area contributed by atoms with Gasteiger partial charge < -0.3 is 10.3 Å². The lowest BCUT2D eigenvalue weighted by atomic mass is 9.86. The Kier molecular flexibility index (Phi) is 3.21. The number of aryl methyl sites for hydroxylation is 1. The molecule has 1 atom stereocenters. The molecule has 0 radical (unpaired) electrons. The number of aromatic amines is 1. The maximum Gasteiger partial charge on any atom is 0.0605 e. The van der Waals surface area contributed by atoms with Gasteiger partial charge in [0.25, 0.3) is 0 Å². The summed E-state index contributed by atoms with van der Waals surface area (Å²) in [5.74, 6) is 0.396. The second-order valence-electron chi connectivity index (χ2n) is 6.54. The molecule has 4 aromatic rings. The maximum atomic E-state index is 4.26. The molecule has 0 amide bonds. The van der Waals surface area contributed by atoms with Crippen molar-refractivity contribution >= 4 is 32.3 Å². The van der Waals surface area contributed by atoms with E-state index in [-0.39, 0.29) is 0 Å². The predicted molar refractivity (Wildman–Crippen MR) is 101 cm³/mol. The quantitative estimate of drug-likeness (QED) is 0.543. The van der Waals surface area contributed by atoms with Crippen molar-refractivity contribution in [1.82, 2.24) is 15.3 Å². The minimum absolute atomic E-state index is 0.396. The molecule has 120 valence electrons. The molecule has 0 fully saturated rings. The SMILES string of the molecule is Cc1c(C2CNCCc3sc4cc[nH]c4c32)ccc2cnccc12. The fraction of sp³-hybridized carbons (Fsp3) is 0.250. The number of aromatic nitrogens is 2. The summed E-state index contributed by atoms with van der Waals surface area (Å²) in [6.07, 6.45) is 7.03. The van der Waals surface area contributed by atoms with E-state index in [1.807, 2.05) is 23.7 Å². The molecule has 3 nitrogen and oxygen atoms in total. The highest BCUT2D eigenvalue weighted by molar-refractivity contribution is 7.19. The van der Waals surface area contributed by atoms with Crippen LogP contribution in [0.15, 0.2) is 42.9 Å². The van der Waals surface area contributed by atoms with E-state index in [9.17, 15) is 0 Å². The van der Waals surface area contributed by atoms with Gasteiger partial charge in [-0.25, -0.2) is 0 Å². The summed E-state index contributed by atoms with van der Waals surface area (Å²) in [4.78, 5) is 9.27. The minimum Gasteiger partial charge on any atom is -0.360 e.